The predicted molar refractivity (Wildman–Crippen MR) is 88.0 cm³/mol. The fourth-order valence-corrected chi connectivity index (χ4v) is 3.42. The number of likely N-dealkylation sites (N-methyl/N-ethyl adjacent to an activating group) is 1. The van der Waals surface area contributed by atoms with Crippen molar-refractivity contribution in [1.82, 2.24) is 5.32 Å². The lowest BCUT2D eigenvalue weighted by molar-refractivity contribution is 0.491. The lowest BCUT2D eigenvalue weighted by Gasteiger charge is -2.18. The number of nitrogens with one attached hydrogen (secondary N) is 1. The van der Waals surface area contributed by atoms with E-state index in [1.54, 1.807) is 11.3 Å². The van der Waals surface area contributed by atoms with Crippen LogP contribution in [-0.4, -0.2) is 12.6 Å². The predicted octanol–water partition coefficient (Wildman–Crippen LogP) is 4.66. The van der Waals surface area contributed by atoms with Gasteiger partial charge in [0, 0.05) is 10.5 Å². The highest BCUT2D eigenvalue weighted by atomic mass is 79.9. The van der Waals surface area contributed by atoms with Crippen molar-refractivity contribution in [1.29, 1.82) is 0 Å². The van der Waals surface area contributed by atoms with E-state index in [1.165, 1.54) is 22.0 Å². The van der Waals surface area contributed by atoms with Gasteiger partial charge in [-0.25, -0.2) is 0 Å². The van der Waals surface area contributed by atoms with Crippen LogP contribution >= 0.6 is 27.3 Å². The Kier molecular flexibility index (Phi) is 6.08. The minimum Gasteiger partial charge on any atom is -0.314 e. The molecule has 1 atom stereocenters. The van der Waals surface area contributed by atoms with Crippen molar-refractivity contribution >= 4 is 27.3 Å². The third-order valence-electron chi connectivity index (χ3n) is 3.28. The van der Waals surface area contributed by atoms with Crippen LogP contribution in [0.4, 0.5) is 0 Å². The second kappa shape index (κ2) is 7.83. The zero-order valence-electron chi connectivity index (χ0n) is 11.2. The number of thiophene rings is 1. The third-order valence-corrected chi connectivity index (χ3v) is 4.78. The molecule has 0 bridgehead atoms. The molecule has 0 amide bonds. The Labute approximate surface area is 128 Å². The Bertz CT molecular complexity index is 481. The van der Waals surface area contributed by atoms with Crippen LogP contribution in [0.5, 0.6) is 0 Å². The first-order chi connectivity index (χ1) is 9.29. The smallest absolute Gasteiger partial charge is 0.0207 e. The Hall–Kier alpha value is -0.640. The summed E-state index contributed by atoms with van der Waals surface area (Å²) in [4.78, 5) is 0. The fraction of sp³-hybridized carbons (Fsp3) is 0.375. The average Bonchev–Trinajstić information content (AvgIpc) is 2.92. The molecule has 0 saturated heterocycles. The van der Waals surface area contributed by atoms with Gasteiger partial charge in [0.05, 0.1) is 0 Å². The maximum Gasteiger partial charge on any atom is 0.0207 e. The van der Waals surface area contributed by atoms with Crippen molar-refractivity contribution in [2.45, 2.75) is 32.2 Å². The first-order valence-electron chi connectivity index (χ1n) is 6.77. The molecule has 0 aliphatic carbocycles. The molecular formula is C16H20BrNS. The first-order valence-corrected chi connectivity index (χ1v) is 8.51. The van der Waals surface area contributed by atoms with E-state index in [2.05, 4.69) is 69.3 Å². The van der Waals surface area contributed by atoms with Crippen LogP contribution in [0.3, 0.4) is 0 Å². The molecule has 1 heterocycles. The second-order valence-electron chi connectivity index (χ2n) is 4.72. The maximum atomic E-state index is 3.64. The van der Waals surface area contributed by atoms with E-state index >= 15 is 0 Å². The van der Waals surface area contributed by atoms with Crippen molar-refractivity contribution in [3.05, 3.63) is 56.7 Å². The van der Waals surface area contributed by atoms with Crippen LogP contribution in [-0.2, 0) is 12.8 Å². The third kappa shape index (κ3) is 4.75. The molecule has 102 valence electrons. The summed E-state index contributed by atoms with van der Waals surface area (Å²) >= 11 is 5.42. The van der Waals surface area contributed by atoms with Gasteiger partial charge in [0.1, 0.15) is 0 Å². The fourth-order valence-electron chi connectivity index (χ4n) is 2.27. The van der Waals surface area contributed by atoms with E-state index in [-0.39, 0.29) is 0 Å². The summed E-state index contributed by atoms with van der Waals surface area (Å²) in [6.45, 7) is 3.20. The molecule has 1 aromatic carbocycles. The monoisotopic (exact) mass is 337 g/mol. The van der Waals surface area contributed by atoms with E-state index in [4.69, 9.17) is 0 Å². The minimum atomic E-state index is 0.545. The summed E-state index contributed by atoms with van der Waals surface area (Å²) in [5, 5.41) is 8.01. The number of halogens is 1. The van der Waals surface area contributed by atoms with E-state index in [0.29, 0.717) is 6.04 Å². The quantitative estimate of drug-likeness (QED) is 0.774. The number of aryl methyl sites for hydroxylation is 1. The molecule has 2 rings (SSSR count). The van der Waals surface area contributed by atoms with Crippen molar-refractivity contribution in [2.75, 3.05) is 6.54 Å². The van der Waals surface area contributed by atoms with Crippen molar-refractivity contribution < 1.29 is 0 Å². The normalized spacial score (nSPS) is 12.5. The maximum absolute atomic E-state index is 3.64. The van der Waals surface area contributed by atoms with Crippen molar-refractivity contribution in [3.63, 3.8) is 0 Å². The summed E-state index contributed by atoms with van der Waals surface area (Å²) in [5.74, 6) is 0. The van der Waals surface area contributed by atoms with Crippen LogP contribution < -0.4 is 5.32 Å². The number of benzene rings is 1. The van der Waals surface area contributed by atoms with Gasteiger partial charge in [0.15, 0.2) is 0 Å². The first kappa shape index (κ1) is 14.8. The number of hydrogen-bond acceptors (Lipinski definition) is 2. The zero-order chi connectivity index (χ0) is 13.5. The van der Waals surface area contributed by atoms with Gasteiger partial charge < -0.3 is 5.32 Å². The Morgan fingerprint density at radius 2 is 2.11 bits per heavy atom. The Morgan fingerprint density at radius 3 is 2.79 bits per heavy atom. The van der Waals surface area contributed by atoms with Gasteiger partial charge >= 0.3 is 0 Å². The second-order valence-corrected chi connectivity index (χ2v) is 6.35. The van der Waals surface area contributed by atoms with Gasteiger partial charge in [-0.1, -0.05) is 41.1 Å². The standard InChI is InChI=1S/C16H20BrNS/c1-2-18-15(8-7-13-9-10-19-12-13)11-14-5-3-4-6-16(14)17/h3-6,9-10,12,15,18H,2,7-8,11H2,1H3. The summed E-state index contributed by atoms with van der Waals surface area (Å²) in [7, 11) is 0. The molecule has 0 fully saturated rings. The van der Waals surface area contributed by atoms with Crippen molar-refractivity contribution in [3.8, 4) is 0 Å². The van der Waals surface area contributed by atoms with Gasteiger partial charge in [0.25, 0.3) is 0 Å². The van der Waals surface area contributed by atoms with Gasteiger partial charge in [0.2, 0.25) is 0 Å². The summed E-state index contributed by atoms with van der Waals surface area (Å²) in [6, 6.07) is 11.3. The van der Waals surface area contributed by atoms with Crippen LogP contribution in [0, 0.1) is 0 Å². The number of hydrogen-bond donors (Lipinski definition) is 1. The molecule has 0 saturated carbocycles. The van der Waals surface area contributed by atoms with E-state index < -0.39 is 0 Å². The van der Waals surface area contributed by atoms with E-state index in [0.717, 1.165) is 19.4 Å². The van der Waals surface area contributed by atoms with Gasteiger partial charge in [-0.05, 0) is 59.8 Å². The Morgan fingerprint density at radius 1 is 1.26 bits per heavy atom. The molecule has 19 heavy (non-hydrogen) atoms. The molecular weight excluding hydrogens is 318 g/mol. The van der Waals surface area contributed by atoms with Crippen molar-refractivity contribution in [2.24, 2.45) is 0 Å². The van der Waals surface area contributed by atoms with Crippen LogP contribution in [0.15, 0.2) is 45.6 Å². The molecule has 3 heteroatoms. The van der Waals surface area contributed by atoms with Gasteiger partial charge in [-0.3, -0.25) is 0 Å². The summed E-state index contributed by atoms with van der Waals surface area (Å²) in [6.07, 6.45) is 3.43. The molecule has 1 unspecified atom stereocenters. The van der Waals surface area contributed by atoms with Crippen LogP contribution in [0.25, 0.3) is 0 Å². The largest absolute Gasteiger partial charge is 0.314 e. The topological polar surface area (TPSA) is 12.0 Å². The minimum absolute atomic E-state index is 0.545. The molecule has 1 N–H and O–H groups in total. The molecule has 1 nitrogen and oxygen atoms in total. The summed E-state index contributed by atoms with van der Waals surface area (Å²) < 4.78 is 1.22. The molecule has 0 aliphatic heterocycles. The van der Waals surface area contributed by atoms with Crippen LogP contribution in [0.1, 0.15) is 24.5 Å². The molecule has 0 radical (unpaired) electrons. The van der Waals surface area contributed by atoms with E-state index in [1.807, 2.05) is 0 Å². The SMILES string of the molecule is CCNC(CCc1ccsc1)Cc1ccccc1Br. The Balaban J connectivity index is 1.94. The number of rotatable bonds is 7. The average molecular weight is 338 g/mol. The lowest BCUT2D eigenvalue weighted by Crippen LogP contribution is -2.31. The molecule has 2 aromatic rings. The van der Waals surface area contributed by atoms with Gasteiger partial charge in [-0.15, -0.1) is 0 Å². The molecule has 1 aromatic heterocycles. The highest BCUT2D eigenvalue weighted by molar-refractivity contribution is 9.10. The zero-order valence-corrected chi connectivity index (χ0v) is 13.6. The lowest BCUT2D eigenvalue weighted by atomic mass is 10.00. The highest BCUT2D eigenvalue weighted by Crippen LogP contribution is 2.19. The highest BCUT2D eigenvalue weighted by Gasteiger charge is 2.10. The molecule has 0 aliphatic rings. The summed E-state index contributed by atoms with van der Waals surface area (Å²) in [5.41, 5.74) is 2.85. The van der Waals surface area contributed by atoms with Crippen LogP contribution in [0.2, 0.25) is 0 Å². The van der Waals surface area contributed by atoms with E-state index in [9.17, 15) is 0 Å². The van der Waals surface area contributed by atoms with Gasteiger partial charge in [-0.2, -0.15) is 11.3 Å². The molecule has 0 spiro atoms.